The molecule has 0 aromatic carbocycles. The Labute approximate surface area is 116 Å². The van der Waals surface area contributed by atoms with Crippen molar-refractivity contribution in [1.82, 2.24) is 24.6 Å². The van der Waals surface area contributed by atoms with Crippen LogP contribution in [-0.2, 0) is 11.3 Å². The Morgan fingerprint density at radius 3 is 3.10 bits per heavy atom. The van der Waals surface area contributed by atoms with E-state index in [0.717, 1.165) is 6.42 Å². The van der Waals surface area contributed by atoms with E-state index in [2.05, 4.69) is 15.1 Å². The molecule has 3 heterocycles. The van der Waals surface area contributed by atoms with Crippen molar-refractivity contribution in [1.29, 1.82) is 0 Å². The molecule has 2 aromatic rings. The summed E-state index contributed by atoms with van der Waals surface area (Å²) in [6.07, 6.45) is 8.99. The fraction of sp³-hybridized carbons (Fsp3) is 0.385. The van der Waals surface area contributed by atoms with Crippen LogP contribution in [0.15, 0.2) is 37.1 Å². The van der Waals surface area contributed by atoms with Gasteiger partial charge in [0.05, 0.1) is 12.7 Å². The molecule has 0 bridgehead atoms. The third-order valence-electron chi connectivity index (χ3n) is 3.18. The standard InChI is InChI=1S/C13H15N5O2/c19-13(10-18-6-1-3-16-18)17-7-2-11(9-17)20-12-8-14-4-5-15-12/h1,3-6,8,11H,2,7,9-10H2/t11-/m0/s1. The first-order valence-corrected chi connectivity index (χ1v) is 6.49. The molecule has 1 saturated heterocycles. The maximum atomic E-state index is 12.1. The zero-order valence-electron chi connectivity index (χ0n) is 10.9. The van der Waals surface area contributed by atoms with Crippen LogP contribution in [0.25, 0.3) is 0 Å². The fourth-order valence-corrected chi connectivity index (χ4v) is 2.20. The van der Waals surface area contributed by atoms with Gasteiger partial charge in [-0.2, -0.15) is 5.10 Å². The maximum Gasteiger partial charge on any atom is 0.244 e. The Morgan fingerprint density at radius 1 is 1.40 bits per heavy atom. The Bertz CT molecular complexity index is 557. The lowest BCUT2D eigenvalue weighted by molar-refractivity contribution is -0.131. The summed E-state index contributed by atoms with van der Waals surface area (Å²) >= 11 is 0. The van der Waals surface area contributed by atoms with Crippen molar-refractivity contribution >= 4 is 5.91 Å². The number of hydrogen-bond acceptors (Lipinski definition) is 5. The van der Waals surface area contributed by atoms with E-state index < -0.39 is 0 Å². The number of likely N-dealkylation sites (tertiary alicyclic amines) is 1. The molecule has 0 radical (unpaired) electrons. The van der Waals surface area contributed by atoms with Crippen molar-refractivity contribution in [3.63, 3.8) is 0 Å². The van der Waals surface area contributed by atoms with Gasteiger partial charge in [0.15, 0.2) is 0 Å². The lowest BCUT2D eigenvalue weighted by atomic mass is 10.3. The van der Waals surface area contributed by atoms with Gasteiger partial charge in [-0.3, -0.25) is 14.5 Å². The predicted octanol–water partition coefficient (Wildman–Crippen LogP) is 0.353. The van der Waals surface area contributed by atoms with Crippen LogP contribution in [0, 0.1) is 0 Å². The molecule has 2 aromatic heterocycles. The minimum absolute atomic E-state index is 0.0201. The first kappa shape index (κ1) is 12.6. The van der Waals surface area contributed by atoms with Crippen LogP contribution in [0.1, 0.15) is 6.42 Å². The molecule has 1 atom stereocenters. The van der Waals surface area contributed by atoms with Crippen LogP contribution in [0.3, 0.4) is 0 Å². The molecule has 7 nitrogen and oxygen atoms in total. The maximum absolute atomic E-state index is 12.1. The van der Waals surface area contributed by atoms with Gasteiger partial charge in [-0.25, -0.2) is 4.98 Å². The van der Waals surface area contributed by atoms with Crippen molar-refractivity contribution in [2.24, 2.45) is 0 Å². The molecule has 3 rings (SSSR count). The van der Waals surface area contributed by atoms with Gasteiger partial charge < -0.3 is 9.64 Å². The molecule has 1 fully saturated rings. The van der Waals surface area contributed by atoms with Crippen LogP contribution < -0.4 is 4.74 Å². The van der Waals surface area contributed by atoms with Gasteiger partial charge in [-0.15, -0.1) is 0 Å². The zero-order chi connectivity index (χ0) is 13.8. The first-order valence-electron chi connectivity index (χ1n) is 6.49. The number of aromatic nitrogens is 4. The second-order valence-electron chi connectivity index (χ2n) is 4.62. The number of hydrogen-bond donors (Lipinski definition) is 0. The average Bonchev–Trinajstić information content (AvgIpc) is 3.11. The van der Waals surface area contributed by atoms with E-state index in [9.17, 15) is 4.79 Å². The summed E-state index contributed by atoms with van der Waals surface area (Å²) in [5.74, 6) is 0.554. The summed E-state index contributed by atoms with van der Waals surface area (Å²) in [4.78, 5) is 21.9. The zero-order valence-corrected chi connectivity index (χ0v) is 10.9. The minimum atomic E-state index is -0.0201. The van der Waals surface area contributed by atoms with E-state index in [-0.39, 0.29) is 18.6 Å². The molecule has 104 valence electrons. The summed E-state index contributed by atoms with van der Waals surface area (Å²) in [6, 6.07) is 1.80. The van der Waals surface area contributed by atoms with Crippen molar-refractivity contribution in [3.8, 4) is 5.88 Å². The smallest absolute Gasteiger partial charge is 0.244 e. The van der Waals surface area contributed by atoms with Crippen molar-refractivity contribution in [2.45, 2.75) is 19.1 Å². The second-order valence-corrected chi connectivity index (χ2v) is 4.62. The van der Waals surface area contributed by atoms with Crippen LogP contribution >= 0.6 is 0 Å². The molecule has 0 saturated carbocycles. The fourth-order valence-electron chi connectivity index (χ4n) is 2.20. The Hall–Kier alpha value is -2.44. The topological polar surface area (TPSA) is 73.1 Å². The van der Waals surface area contributed by atoms with Crippen LogP contribution in [-0.4, -0.2) is 49.7 Å². The molecular formula is C13H15N5O2. The van der Waals surface area contributed by atoms with Gasteiger partial charge in [0.25, 0.3) is 0 Å². The molecule has 0 unspecified atom stereocenters. The highest BCUT2D eigenvalue weighted by Gasteiger charge is 2.27. The molecule has 1 aliphatic rings. The molecule has 1 aliphatic heterocycles. The quantitative estimate of drug-likeness (QED) is 0.804. The molecule has 0 N–H and O–H groups in total. The highest BCUT2D eigenvalue weighted by atomic mass is 16.5. The summed E-state index contributed by atoms with van der Waals surface area (Å²) in [6.45, 7) is 1.55. The molecule has 0 aliphatic carbocycles. The molecular weight excluding hydrogens is 258 g/mol. The predicted molar refractivity (Wildman–Crippen MR) is 69.9 cm³/mol. The van der Waals surface area contributed by atoms with Gasteiger partial charge in [0.1, 0.15) is 12.6 Å². The van der Waals surface area contributed by atoms with Crippen molar-refractivity contribution in [3.05, 3.63) is 37.1 Å². The number of carbonyl (C=O) groups is 1. The monoisotopic (exact) mass is 273 g/mol. The molecule has 1 amide bonds. The van der Waals surface area contributed by atoms with E-state index in [1.807, 2.05) is 0 Å². The van der Waals surface area contributed by atoms with E-state index in [1.165, 1.54) is 0 Å². The van der Waals surface area contributed by atoms with Gasteiger partial charge in [-0.05, 0) is 6.07 Å². The molecule has 0 spiro atoms. The number of ether oxygens (including phenoxy) is 1. The SMILES string of the molecule is O=C(Cn1cccn1)N1CC[C@H](Oc2cnccn2)C1. The number of amides is 1. The lowest BCUT2D eigenvalue weighted by Gasteiger charge is -2.16. The molecule has 7 heteroatoms. The Balaban J connectivity index is 1.53. The van der Waals surface area contributed by atoms with E-state index >= 15 is 0 Å². The Morgan fingerprint density at radius 2 is 2.35 bits per heavy atom. The van der Waals surface area contributed by atoms with Crippen molar-refractivity contribution < 1.29 is 9.53 Å². The third-order valence-corrected chi connectivity index (χ3v) is 3.18. The third kappa shape index (κ3) is 2.93. The van der Waals surface area contributed by atoms with E-state index in [4.69, 9.17) is 4.74 Å². The first-order chi connectivity index (χ1) is 9.81. The summed E-state index contributed by atoms with van der Waals surface area (Å²) in [5.41, 5.74) is 0. The normalized spacial score (nSPS) is 18.2. The van der Waals surface area contributed by atoms with Crippen LogP contribution in [0.5, 0.6) is 5.88 Å². The minimum Gasteiger partial charge on any atom is -0.471 e. The summed E-state index contributed by atoms with van der Waals surface area (Å²) < 4.78 is 7.33. The highest BCUT2D eigenvalue weighted by Crippen LogP contribution is 2.15. The van der Waals surface area contributed by atoms with E-state index in [1.54, 1.807) is 46.6 Å². The van der Waals surface area contributed by atoms with Crippen LogP contribution in [0.4, 0.5) is 0 Å². The van der Waals surface area contributed by atoms with Gasteiger partial charge >= 0.3 is 0 Å². The van der Waals surface area contributed by atoms with Crippen molar-refractivity contribution in [2.75, 3.05) is 13.1 Å². The van der Waals surface area contributed by atoms with Gasteiger partial charge in [0, 0.05) is 37.8 Å². The Kier molecular flexibility index (Phi) is 3.58. The summed E-state index contributed by atoms with van der Waals surface area (Å²) in [7, 11) is 0. The average molecular weight is 273 g/mol. The molecule has 20 heavy (non-hydrogen) atoms. The number of rotatable bonds is 4. The van der Waals surface area contributed by atoms with Gasteiger partial charge in [0.2, 0.25) is 11.8 Å². The largest absolute Gasteiger partial charge is 0.471 e. The number of nitrogens with zero attached hydrogens (tertiary/aromatic N) is 5. The number of carbonyl (C=O) groups excluding carboxylic acids is 1. The summed E-state index contributed by atoms with van der Waals surface area (Å²) in [5, 5.41) is 4.03. The second kappa shape index (κ2) is 5.68. The lowest BCUT2D eigenvalue weighted by Crippen LogP contribution is -2.33. The van der Waals surface area contributed by atoms with Gasteiger partial charge in [-0.1, -0.05) is 0 Å². The van der Waals surface area contributed by atoms with E-state index in [0.29, 0.717) is 19.0 Å². The highest BCUT2D eigenvalue weighted by molar-refractivity contribution is 5.76. The van der Waals surface area contributed by atoms with Crippen LogP contribution in [0.2, 0.25) is 0 Å².